The lowest BCUT2D eigenvalue weighted by molar-refractivity contribution is 0.126. The molecule has 0 spiro atoms. The summed E-state index contributed by atoms with van der Waals surface area (Å²) in [7, 11) is 4.02. The van der Waals surface area contributed by atoms with Gasteiger partial charge in [0.25, 0.3) is 0 Å². The number of nitrogens with one attached hydrogen (secondary N) is 1. The third-order valence-corrected chi connectivity index (χ3v) is 5.54. The summed E-state index contributed by atoms with van der Waals surface area (Å²) in [6.07, 6.45) is 2.88. The molecule has 3 aromatic rings. The lowest BCUT2D eigenvalue weighted by Crippen LogP contribution is -2.17. The van der Waals surface area contributed by atoms with Crippen molar-refractivity contribution in [1.29, 1.82) is 0 Å². The Morgan fingerprint density at radius 2 is 1.91 bits per heavy atom. The zero-order valence-electron chi connectivity index (χ0n) is 19.7. The first kappa shape index (κ1) is 23.9. The van der Waals surface area contributed by atoms with Crippen LogP contribution in [0.25, 0.3) is 0 Å². The monoisotopic (exact) mass is 454 g/mol. The van der Waals surface area contributed by atoms with Crippen LogP contribution in [0, 0.1) is 20.8 Å². The molecule has 0 saturated carbocycles. The predicted octanol–water partition coefficient (Wildman–Crippen LogP) is 4.26. The number of likely N-dealkylation sites (N-methyl/N-ethyl adjacent to an activating group) is 1. The van der Waals surface area contributed by atoms with Crippen molar-refractivity contribution >= 4 is 17.3 Å². The summed E-state index contributed by atoms with van der Waals surface area (Å²) in [5.74, 6) is 0.740. The van der Waals surface area contributed by atoms with Crippen LogP contribution in [0.15, 0.2) is 29.6 Å². The van der Waals surface area contributed by atoms with E-state index in [2.05, 4.69) is 51.2 Å². The van der Waals surface area contributed by atoms with Gasteiger partial charge in [0.1, 0.15) is 12.4 Å². The van der Waals surface area contributed by atoms with Crippen LogP contribution in [0.4, 0.5) is 0 Å². The van der Waals surface area contributed by atoms with Gasteiger partial charge in [-0.25, -0.2) is 9.97 Å². The lowest BCUT2D eigenvalue weighted by Gasteiger charge is -2.13. The van der Waals surface area contributed by atoms with Gasteiger partial charge in [-0.2, -0.15) is 5.10 Å². The third-order valence-electron chi connectivity index (χ3n) is 5.23. The number of hydrogen-bond donors (Lipinski definition) is 1. The number of aromatic amines is 1. The van der Waals surface area contributed by atoms with Gasteiger partial charge < -0.3 is 9.74 Å². The van der Waals surface area contributed by atoms with E-state index in [9.17, 15) is 0 Å². The van der Waals surface area contributed by atoms with Crippen LogP contribution >= 0.6 is 11.6 Å². The second-order valence-electron chi connectivity index (χ2n) is 8.38. The Morgan fingerprint density at radius 1 is 1.12 bits per heavy atom. The summed E-state index contributed by atoms with van der Waals surface area (Å²) in [6, 6.07) is 6.33. The molecule has 0 amide bonds. The molecule has 8 heteroatoms. The van der Waals surface area contributed by atoms with Gasteiger partial charge in [-0.05, 0) is 70.6 Å². The first-order chi connectivity index (χ1) is 15.2. The molecule has 0 saturated heterocycles. The molecule has 7 nitrogen and oxygen atoms in total. The highest BCUT2D eigenvalue weighted by Crippen LogP contribution is 2.21. The van der Waals surface area contributed by atoms with Crippen LogP contribution in [0.3, 0.4) is 0 Å². The summed E-state index contributed by atoms with van der Waals surface area (Å²) >= 11 is 6.35. The number of rotatable bonds is 9. The summed E-state index contributed by atoms with van der Waals surface area (Å²) < 4.78 is 0. The minimum atomic E-state index is 0.554. The third kappa shape index (κ3) is 6.37. The first-order valence-electron chi connectivity index (χ1n) is 10.7. The highest BCUT2D eigenvalue weighted by atomic mass is 35.5. The van der Waals surface area contributed by atoms with Crippen molar-refractivity contribution in [3.63, 3.8) is 0 Å². The Kier molecular flexibility index (Phi) is 7.99. The molecule has 0 bridgehead atoms. The fraction of sp³-hybridized carbons (Fsp3) is 0.417. The molecule has 1 aromatic carbocycles. The maximum absolute atomic E-state index is 6.35. The minimum absolute atomic E-state index is 0.554. The molecule has 0 fully saturated rings. The molecule has 3 rings (SSSR count). The molecule has 0 aliphatic rings. The first-order valence-corrected chi connectivity index (χ1v) is 11.0. The second kappa shape index (κ2) is 10.7. The van der Waals surface area contributed by atoms with Crippen molar-refractivity contribution in [2.24, 2.45) is 5.16 Å². The van der Waals surface area contributed by atoms with E-state index in [1.807, 2.05) is 34.0 Å². The van der Waals surface area contributed by atoms with Gasteiger partial charge >= 0.3 is 0 Å². The van der Waals surface area contributed by atoms with E-state index in [0.717, 1.165) is 51.9 Å². The zero-order valence-corrected chi connectivity index (χ0v) is 20.4. The van der Waals surface area contributed by atoms with Crippen LogP contribution in [0.1, 0.15) is 52.1 Å². The van der Waals surface area contributed by atoms with Crippen molar-refractivity contribution < 1.29 is 4.84 Å². The van der Waals surface area contributed by atoms with Gasteiger partial charge in [-0.15, -0.1) is 0 Å². The maximum atomic E-state index is 6.35. The smallest absolute Gasteiger partial charge is 0.133 e. The Bertz CT molecular complexity index is 1110. The highest BCUT2D eigenvalue weighted by molar-refractivity contribution is 6.31. The van der Waals surface area contributed by atoms with Gasteiger partial charge in [0, 0.05) is 36.8 Å². The molecular formula is C24H31ClN6O. The molecule has 170 valence electrons. The summed E-state index contributed by atoms with van der Waals surface area (Å²) in [6.45, 7) is 9.53. The van der Waals surface area contributed by atoms with Crippen molar-refractivity contribution in [3.8, 4) is 0 Å². The number of benzene rings is 1. The van der Waals surface area contributed by atoms with Crippen molar-refractivity contribution in [2.45, 2.75) is 40.5 Å². The number of hydrogen-bond acceptors (Lipinski definition) is 6. The van der Waals surface area contributed by atoms with Gasteiger partial charge in [0.05, 0.1) is 22.1 Å². The Morgan fingerprint density at radius 3 is 2.59 bits per heavy atom. The molecule has 32 heavy (non-hydrogen) atoms. The second-order valence-corrected chi connectivity index (χ2v) is 8.79. The van der Waals surface area contributed by atoms with E-state index >= 15 is 0 Å². The van der Waals surface area contributed by atoms with Gasteiger partial charge in [0.15, 0.2) is 0 Å². The summed E-state index contributed by atoms with van der Waals surface area (Å²) in [4.78, 5) is 16.7. The average Bonchev–Trinajstić information content (AvgIpc) is 3.14. The fourth-order valence-electron chi connectivity index (χ4n) is 3.43. The molecule has 2 heterocycles. The standard InChI is InChI=1S/C24H31ClN6O/c1-15-10-21(18(4)30-32-8-7-31(5)6)16(2)9-19(15)12-24-26-14-22(25)23(27-24)13-20-11-17(3)28-29-20/h9-11,14H,7-8,12-13H2,1-6H3,(H,28,29)/b30-18-. The van der Waals surface area contributed by atoms with E-state index in [4.69, 9.17) is 21.4 Å². The Balaban J connectivity index is 1.76. The molecule has 1 N–H and O–H groups in total. The average molecular weight is 455 g/mol. The molecular weight excluding hydrogens is 424 g/mol. The Hall–Kier alpha value is -2.77. The van der Waals surface area contributed by atoms with Crippen LogP contribution in [-0.4, -0.2) is 58.0 Å². The minimum Gasteiger partial charge on any atom is -0.394 e. The molecule has 0 unspecified atom stereocenters. The number of nitrogens with zero attached hydrogens (tertiary/aromatic N) is 5. The summed E-state index contributed by atoms with van der Waals surface area (Å²) in [5, 5.41) is 12.1. The number of halogens is 1. The molecule has 0 aliphatic carbocycles. The molecule has 0 aliphatic heterocycles. The van der Waals surface area contributed by atoms with Crippen LogP contribution in [0.5, 0.6) is 0 Å². The van der Waals surface area contributed by atoms with Gasteiger partial charge in [-0.3, -0.25) is 5.10 Å². The van der Waals surface area contributed by atoms with Gasteiger partial charge in [-0.1, -0.05) is 22.8 Å². The van der Waals surface area contributed by atoms with E-state index < -0.39 is 0 Å². The van der Waals surface area contributed by atoms with Crippen LogP contribution in [0.2, 0.25) is 5.02 Å². The van der Waals surface area contributed by atoms with E-state index in [1.54, 1.807) is 6.20 Å². The number of aryl methyl sites for hydroxylation is 3. The van der Waals surface area contributed by atoms with Crippen LogP contribution in [-0.2, 0) is 17.7 Å². The molecule has 2 aromatic heterocycles. The quantitative estimate of drug-likeness (QED) is 0.297. The molecule has 0 radical (unpaired) electrons. The normalized spacial score (nSPS) is 11.9. The number of oxime groups is 1. The lowest BCUT2D eigenvalue weighted by atomic mass is 9.95. The zero-order chi connectivity index (χ0) is 23.3. The summed E-state index contributed by atoms with van der Waals surface area (Å²) in [5.41, 5.74) is 8.15. The van der Waals surface area contributed by atoms with E-state index in [1.165, 1.54) is 5.56 Å². The van der Waals surface area contributed by atoms with E-state index in [0.29, 0.717) is 24.5 Å². The Labute approximate surface area is 194 Å². The van der Waals surface area contributed by atoms with E-state index in [-0.39, 0.29) is 0 Å². The highest BCUT2D eigenvalue weighted by Gasteiger charge is 2.12. The van der Waals surface area contributed by atoms with Gasteiger partial charge in [0.2, 0.25) is 0 Å². The largest absolute Gasteiger partial charge is 0.394 e. The maximum Gasteiger partial charge on any atom is 0.133 e. The topological polar surface area (TPSA) is 79.3 Å². The number of aromatic nitrogens is 4. The van der Waals surface area contributed by atoms with Crippen LogP contribution < -0.4 is 0 Å². The number of H-pyrrole nitrogens is 1. The fourth-order valence-corrected chi connectivity index (χ4v) is 3.59. The van der Waals surface area contributed by atoms with Crippen molar-refractivity contribution in [3.05, 3.63) is 74.6 Å². The SMILES string of the molecule is C/C(=N/OCCN(C)C)c1cc(C)c(Cc2ncc(Cl)c(Cc3cc(C)[nH]n3)n2)cc1C. The van der Waals surface area contributed by atoms with Crippen molar-refractivity contribution in [1.82, 2.24) is 25.1 Å². The molecule has 0 atom stereocenters. The predicted molar refractivity (Wildman–Crippen MR) is 129 cm³/mol. The van der Waals surface area contributed by atoms with Crippen molar-refractivity contribution in [2.75, 3.05) is 27.2 Å².